The number of methoxy groups -OCH3 is 1. The molecule has 0 bridgehead atoms. The Morgan fingerprint density at radius 3 is 2.53 bits per heavy atom. The van der Waals surface area contributed by atoms with Crippen LogP contribution in [0.2, 0.25) is 0 Å². The number of piperidine rings is 1. The van der Waals surface area contributed by atoms with Crippen LogP contribution in [0.3, 0.4) is 0 Å². The maximum Gasteiger partial charge on any atom is 0.418 e. The smallest absolute Gasteiger partial charge is 0.418 e. The summed E-state index contributed by atoms with van der Waals surface area (Å²) in [5, 5.41) is 3.50. The standard InChI is InChI=1S/C27H33F3N2O4/c1-26(2,3)36-25(33)32-12-8-11-21(23(32)17-9-6-5-7-10-17)31-15-18-13-20-19(14-22(18)34-4)16-35-24(20)27(28,29)30/h5-7,9-10,13-14,21,23-24,31H,8,11-12,15-16H2,1-4H3/t21-,23-,24?/m0/s1. The monoisotopic (exact) mass is 506 g/mol. The third-order valence-corrected chi connectivity index (χ3v) is 6.48. The van der Waals surface area contributed by atoms with Gasteiger partial charge in [0.2, 0.25) is 0 Å². The second-order valence-electron chi connectivity index (χ2n) is 10.3. The summed E-state index contributed by atoms with van der Waals surface area (Å²) in [5.41, 5.74) is 1.55. The van der Waals surface area contributed by atoms with Crippen LogP contribution in [0.1, 0.15) is 68.0 Å². The SMILES string of the molecule is COc1cc2c(cc1CN[C@H]1CCCN(C(=O)OC(C)(C)C)[C@H]1c1ccccc1)C(C(F)(F)F)OC2. The molecule has 1 unspecified atom stereocenters. The highest BCUT2D eigenvalue weighted by Gasteiger charge is 2.46. The molecule has 1 amide bonds. The molecule has 2 aromatic rings. The third-order valence-electron chi connectivity index (χ3n) is 6.48. The van der Waals surface area contributed by atoms with E-state index in [0.717, 1.165) is 18.4 Å². The Morgan fingerprint density at radius 1 is 1.17 bits per heavy atom. The molecule has 0 aliphatic carbocycles. The molecule has 6 nitrogen and oxygen atoms in total. The number of amides is 1. The van der Waals surface area contributed by atoms with Crippen LogP contribution in [0.25, 0.3) is 0 Å². The summed E-state index contributed by atoms with van der Waals surface area (Å²) in [6, 6.07) is 12.4. The highest BCUT2D eigenvalue weighted by molar-refractivity contribution is 5.69. The van der Waals surface area contributed by atoms with Crippen LogP contribution in [0.4, 0.5) is 18.0 Å². The van der Waals surface area contributed by atoms with Crippen LogP contribution in [0.15, 0.2) is 42.5 Å². The van der Waals surface area contributed by atoms with Crippen molar-refractivity contribution >= 4 is 6.09 Å². The lowest BCUT2D eigenvalue weighted by Gasteiger charge is -2.42. The summed E-state index contributed by atoms with van der Waals surface area (Å²) in [6.45, 7) is 6.23. The molecule has 0 saturated carbocycles. The Balaban J connectivity index is 1.60. The first-order valence-corrected chi connectivity index (χ1v) is 12.1. The lowest BCUT2D eigenvalue weighted by atomic mass is 9.90. The molecule has 2 aromatic carbocycles. The Bertz CT molecular complexity index is 1070. The molecule has 0 radical (unpaired) electrons. The minimum atomic E-state index is -4.49. The van der Waals surface area contributed by atoms with Crippen LogP contribution >= 0.6 is 0 Å². The van der Waals surface area contributed by atoms with Gasteiger partial charge in [-0.25, -0.2) is 4.79 Å². The van der Waals surface area contributed by atoms with Crippen molar-refractivity contribution in [3.8, 4) is 5.75 Å². The molecule has 36 heavy (non-hydrogen) atoms. The summed E-state index contributed by atoms with van der Waals surface area (Å²) < 4.78 is 56.7. The van der Waals surface area contributed by atoms with Crippen molar-refractivity contribution in [2.45, 2.75) is 76.7 Å². The van der Waals surface area contributed by atoms with Crippen LogP contribution in [0.5, 0.6) is 5.75 Å². The molecule has 9 heteroatoms. The molecular weight excluding hydrogens is 473 g/mol. The number of likely N-dealkylation sites (tertiary alicyclic amines) is 1. The molecule has 196 valence electrons. The van der Waals surface area contributed by atoms with Gasteiger partial charge in [0.05, 0.1) is 19.8 Å². The molecule has 1 N–H and O–H groups in total. The van der Waals surface area contributed by atoms with Crippen LogP contribution in [0, 0.1) is 0 Å². The van der Waals surface area contributed by atoms with Crippen LogP contribution in [-0.4, -0.2) is 42.5 Å². The minimum Gasteiger partial charge on any atom is -0.496 e. The van der Waals surface area contributed by atoms with Crippen LogP contribution < -0.4 is 10.1 Å². The number of alkyl halides is 3. The van der Waals surface area contributed by atoms with E-state index in [0.29, 0.717) is 23.4 Å². The Kier molecular flexibility index (Phi) is 7.52. The first-order valence-electron chi connectivity index (χ1n) is 12.1. The normalized spacial score (nSPS) is 22.3. The highest BCUT2D eigenvalue weighted by Crippen LogP contribution is 2.44. The summed E-state index contributed by atoms with van der Waals surface area (Å²) >= 11 is 0. The fourth-order valence-corrected chi connectivity index (χ4v) is 4.96. The number of hydrogen-bond donors (Lipinski definition) is 1. The van der Waals surface area contributed by atoms with Crippen molar-refractivity contribution in [2.75, 3.05) is 13.7 Å². The average Bonchev–Trinajstić information content (AvgIpc) is 3.24. The Labute approximate surface area is 209 Å². The van der Waals surface area contributed by atoms with Gasteiger partial charge in [-0.1, -0.05) is 30.3 Å². The number of carbonyl (C=O) groups excluding carboxylic acids is 1. The van der Waals surface area contributed by atoms with Gasteiger partial charge >= 0.3 is 12.3 Å². The zero-order valence-electron chi connectivity index (χ0n) is 21.0. The molecule has 2 aliphatic heterocycles. The van der Waals surface area contributed by atoms with Gasteiger partial charge in [0.15, 0.2) is 6.10 Å². The zero-order chi connectivity index (χ0) is 26.1. The lowest BCUT2D eigenvalue weighted by molar-refractivity contribution is -0.219. The number of fused-ring (bicyclic) bond motifs is 1. The van der Waals surface area contributed by atoms with Gasteiger partial charge in [0, 0.05) is 24.7 Å². The number of nitrogens with one attached hydrogen (secondary N) is 1. The van der Waals surface area contributed by atoms with Crippen molar-refractivity contribution in [3.63, 3.8) is 0 Å². The van der Waals surface area contributed by atoms with Crippen molar-refractivity contribution in [1.82, 2.24) is 10.2 Å². The predicted molar refractivity (Wildman–Crippen MR) is 129 cm³/mol. The molecule has 1 saturated heterocycles. The molecule has 4 rings (SSSR count). The maximum atomic E-state index is 13.5. The van der Waals surface area contributed by atoms with E-state index >= 15 is 0 Å². The van der Waals surface area contributed by atoms with Crippen molar-refractivity contribution in [1.29, 1.82) is 0 Å². The number of rotatable bonds is 5. The molecule has 3 atom stereocenters. The first kappa shape index (κ1) is 26.3. The summed E-state index contributed by atoms with van der Waals surface area (Å²) in [7, 11) is 1.50. The van der Waals surface area contributed by atoms with Gasteiger partial charge in [-0.3, -0.25) is 4.90 Å². The fourth-order valence-electron chi connectivity index (χ4n) is 4.96. The van der Waals surface area contributed by atoms with E-state index < -0.39 is 17.9 Å². The highest BCUT2D eigenvalue weighted by atomic mass is 19.4. The number of carbonyl (C=O) groups is 1. The Hall–Kier alpha value is -2.78. The molecular formula is C27H33F3N2O4. The topological polar surface area (TPSA) is 60.0 Å². The minimum absolute atomic E-state index is 0.104. The summed E-state index contributed by atoms with van der Waals surface area (Å²) in [6.07, 6.45) is -5.25. The largest absolute Gasteiger partial charge is 0.496 e. The number of nitrogens with zero attached hydrogens (tertiary/aromatic N) is 1. The predicted octanol–water partition coefficient (Wildman–Crippen LogP) is 6.06. The van der Waals surface area contributed by atoms with E-state index in [1.165, 1.54) is 13.2 Å². The van der Waals surface area contributed by atoms with Gasteiger partial charge in [0.1, 0.15) is 11.4 Å². The summed E-state index contributed by atoms with van der Waals surface area (Å²) in [4.78, 5) is 14.9. The van der Waals surface area contributed by atoms with Crippen molar-refractivity contribution in [2.24, 2.45) is 0 Å². The van der Waals surface area contributed by atoms with E-state index in [-0.39, 0.29) is 36.9 Å². The number of halogens is 3. The second-order valence-corrected chi connectivity index (χ2v) is 10.3. The third kappa shape index (κ3) is 5.78. The van der Waals surface area contributed by atoms with Gasteiger partial charge in [-0.05, 0) is 62.4 Å². The van der Waals surface area contributed by atoms with Crippen molar-refractivity contribution < 1.29 is 32.2 Å². The fraction of sp³-hybridized carbons (Fsp3) is 0.519. The molecule has 1 fully saturated rings. The molecule has 0 aromatic heterocycles. The average molecular weight is 507 g/mol. The first-order chi connectivity index (χ1) is 17.0. The number of ether oxygens (including phenoxy) is 3. The summed E-state index contributed by atoms with van der Waals surface area (Å²) in [5.74, 6) is 0.503. The van der Waals surface area contributed by atoms with Gasteiger partial charge < -0.3 is 19.5 Å². The van der Waals surface area contributed by atoms with E-state index in [2.05, 4.69) is 5.32 Å². The molecule has 2 aliphatic rings. The van der Waals surface area contributed by atoms with E-state index in [9.17, 15) is 18.0 Å². The maximum absolute atomic E-state index is 13.5. The van der Waals surface area contributed by atoms with E-state index in [1.54, 1.807) is 11.0 Å². The van der Waals surface area contributed by atoms with Crippen LogP contribution in [-0.2, 0) is 22.6 Å². The molecule has 2 heterocycles. The van der Waals surface area contributed by atoms with Gasteiger partial charge in [-0.15, -0.1) is 0 Å². The van der Waals surface area contributed by atoms with Crippen molar-refractivity contribution in [3.05, 3.63) is 64.7 Å². The van der Waals surface area contributed by atoms with E-state index in [4.69, 9.17) is 14.2 Å². The molecule has 0 spiro atoms. The van der Waals surface area contributed by atoms with Gasteiger partial charge in [-0.2, -0.15) is 13.2 Å². The number of benzene rings is 2. The second kappa shape index (κ2) is 10.3. The lowest BCUT2D eigenvalue weighted by Crippen LogP contribution is -2.51. The quantitative estimate of drug-likeness (QED) is 0.534. The number of hydrogen-bond acceptors (Lipinski definition) is 5. The van der Waals surface area contributed by atoms with E-state index in [1.807, 2.05) is 51.1 Å². The Morgan fingerprint density at radius 2 is 1.89 bits per heavy atom. The zero-order valence-corrected chi connectivity index (χ0v) is 21.0. The van der Waals surface area contributed by atoms with Gasteiger partial charge in [0.25, 0.3) is 0 Å².